The minimum atomic E-state index is -0.710. The molecule has 0 unspecified atom stereocenters. The van der Waals surface area contributed by atoms with Crippen molar-refractivity contribution in [3.63, 3.8) is 0 Å². The highest BCUT2D eigenvalue weighted by molar-refractivity contribution is 6.03. The van der Waals surface area contributed by atoms with E-state index in [-0.39, 0.29) is 12.3 Å². The van der Waals surface area contributed by atoms with Crippen molar-refractivity contribution in [3.8, 4) is 0 Å². The molecule has 18 heavy (non-hydrogen) atoms. The summed E-state index contributed by atoms with van der Waals surface area (Å²) in [5, 5.41) is 11.7. The van der Waals surface area contributed by atoms with E-state index in [1.807, 2.05) is 0 Å². The van der Waals surface area contributed by atoms with Gasteiger partial charge in [-0.25, -0.2) is 4.98 Å². The lowest BCUT2D eigenvalue weighted by Gasteiger charge is -2.08. The Hall–Kier alpha value is -2.27. The molecule has 0 bridgehead atoms. The Morgan fingerprint density at radius 1 is 1.22 bits per heavy atom. The van der Waals surface area contributed by atoms with E-state index >= 15 is 0 Å². The van der Waals surface area contributed by atoms with Gasteiger partial charge in [0.05, 0.1) is 6.61 Å². The van der Waals surface area contributed by atoms with Crippen molar-refractivity contribution in [2.45, 2.75) is 6.61 Å². The SMILES string of the molecule is O=C(Nc1ccccc1CO)c1cccc(F)n1. The summed E-state index contributed by atoms with van der Waals surface area (Å²) in [6.07, 6.45) is 0. The number of para-hydroxylation sites is 1. The predicted molar refractivity (Wildman–Crippen MR) is 64.5 cm³/mol. The Labute approximate surface area is 103 Å². The number of nitrogens with zero attached hydrogens (tertiary/aromatic N) is 1. The summed E-state index contributed by atoms with van der Waals surface area (Å²) in [5.41, 5.74) is 1.06. The van der Waals surface area contributed by atoms with Crippen molar-refractivity contribution in [3.05, 3.63) is 59.7 Å². The molecule has 0 radical (unpaired) electrons. The highest BCUT2D eigenvalue weighted by Crippen LogP contribution is 2.15. The van der Waals surface area contributed by atoms with E-state index in [2.05, 4.69) is 10.3 Å². The molecular formula is C13H11FN2O2. The van der Waals surface area contributed by atoms with E-state index in [0.29, 0.717) is 11.3 Å². The van der Waals surface area contributed by atoms with Crippen molar-refractivity contribution in [1.29, 1.82) is 0 Å². The van der Waals surface area contributed by atoms with Gasteiger partial charge in [-0.15, -0.1) is 0 Å². The molecule has 0 aliphatic carbocycles. The monoisotopic (exact) mass is 246 g/mol. The maximum atomic E-state index is 12.9. The van der Waals surface area contributed by atoms with Crippen LogP contribution in [0.4, 0.5) is 10.1 Å². The zero-order chi connectivity index (χ0) is 13.0. The number of carbonyl (C=O) groups excluding carboxylic acids is 1. The summed E-state index contributed by atoms with van der Waals surface area (Å²) >= 11 is 0. The standard InChI is InChI=1S/C13H11FN2O2/c14-12-7-3-6-11(15-12)13(18)16-10-5-2-1-4-9(10)8-17/h1-7,17H,8H2,(H,16,18). The van der Waals surface area contributed by atoms with E-state index in [9.17, 15) is 9.18 Å². The molecule has 5 heteroatoms. The van der Waals surface area contributed by atoms with Crippen LogP contribution in [0.15, 0.2) is 42.5 Å². The van der Waals surface area contributed by atoms with Crippen LogP contribution in [0.3, 0.4) is 0 Å². The van der Waals surface area contributed by atoms with E-state index in [1.54, 1.807) is 24.3 Å². The average molecular weight is 246 g/mol. The van der Waals surface area contributed by atoms with Crippen LogP contribution in [-0.4, -0.2) is 16.0 Å². The second kappa shape index (κ2) is 5.37. The molecule has 0 aliphatic rings. The summed E-state index contributed by atoms with van der Waals surface area (Å²) in [4.78, 5) is 15.3. The van der Waals surface area contributed by atoms with Gasteiger partial charge in [0.1, 0.15) is 5.69 Å². The quantitative estimate of drug-likeness (QED) is 0.814. The van der Waals surface area contributed by atoms with Crippen LogP contribution in [0.1, 0.15) is 16.1 Å². The first-order chi connectivity index (χ1) is 8.70. The Balaban J connectivity index is 2.21. The van der Waals surface area contributed by atoms with E-state index in [4.69, 9.17) is 5.11 Å². The summed E-state index contributed by atoms with van der Waals surface area (Å²) < 4.78 is 12.9. The van der Waals surface area contributed by atoms with Gasteiger partial charge < -0.3 is 10.4 Å². The molecule has 1 aromatic carbocycles. The van der Waals surface area contributed by atoms with Crippen molar-refractivity contribution in [2.75, 3.05) is 5.32 Å². The van der Waals surface area contributed by atoms with Gasteiger partial charge in [-0.3, -0.25) is 4.79 Å². The number of aliphatic hydroxyl groups is 1. The maximum Gasteiger partial charge on any atom is 0.274 e. The van der Waals surface area contributed by atoms with Gasteiger partial charge in [0.2, 0.25) is 5.95 Å². The lowest BCUT2D eigenvalue weighted by atomic mass is 10.2. The van der Waals surface area contributed by atoms with Crippen molar-refractivity contribution in [2.24, 2.45) is 0 Å². The number of halogens is 1. The Bertz CT molecular complexity index is 572. The number of hydrogen-bond donors (Lipinski definition) is 2. The van der Waals surface area contributed by atoms with Crippen LogP contribution in [-0.2, 0) is 6.61 Å². The largest absolute Gasteiger partial charge is 0.392 e. The summed E-state index contributed by atoms with van der Waals surface area (Å²) in [7, 11) is 0. The van der Waals surface area contributed by atoms with Crippen LogP contribution < -0.4 is 5.32 Å². The number of amides is 1. The number of aromatic nitrogens is 1. The van der Waals surface area contributed by atoms with Crippen molar-refractivity contribution >= 4 is 11.6 Å². The zero-order valence-corrected chi connectivity index (χ0v) is 9.43. The van der Waals surface area contributed by atoms with Crippen molar-refractivity contribution < 1.29 is 14.3 Å². The van der Waals surface area contributed by atoms with Gasteiger partial charge >= 0.3 is 0 Å². The van der Waals surface area contributed by atoms with Crippen LogP contribution in [0.2, 0.25) is 0 Å². The van der Waals surface area contributed by atoms with Gasteiger partial charge in [0.15, 0.2) is 0 Å². The van der Waals surface area contributed by atoms with Gasteiger partial charge in [0, 0.05) is 11.3 Å². The number of nitrogens with one attached hydrogen (secondary N) is 1. The average Bonchev–Trinajstić information content (AvgIpc) is 2.39. The smallest absolute Gasteiger partial charge is 0.274 e. The Morgan fingerprint density at radius 3 is 2.72 bits per heavy atom. The minimum absolute atomic E-state index is 0.0113. The third-order valence-corrected chi connectivity index (χ3v) is 2.38. The van der Waals surface area contributed by atoms with E-state index < -0.39 is 11.9 Å². The first-order valence-electron chi connectivity index (χ1n) is 5.33. The first-order valence-corrected chi connectivity index (χ1v) is 5.33. The molecule has 0 saturated heterocycles. The van der Waals surface area contributed by atoms with Gasteiger partial charge in [-0.05, 0) is 18.2 Å². The van der Waals surface area contributed by atoms with Crippen LogP contribution in [0, 0.1) is 5.95 Å². The molecule has 0 fully saturated rings. The fourth-order valence-electron chi connectivity index (χ4n) is 1.50. The highest BCUT2D eigenvalue weighted by Gasteiger charge is 2.10. The number of benzene rings is 1. The molecular weight excluding hydrogens is 235 g/mol. The zero-order valence-electron chi connectivity index (χ0n) is 9.43. The number of aliphatic hydroxyl groups excluding tert-OH is 1. The molecule has 1 aromatic heterocycles. The number of anilines is 1. The lowest BCUT2D eigenvalue weighted by Crippen LogP contribution is -2.15. The summed E-state index contributed by atoms with van der Waals surface area (Å²) in [5.74, 6) is -1.23. The number of rotatable bonds is 3. The molecule has 2 aromatic rings. The number of carbonyl (C=O) groups is 1. The third-order valence-electron chi connectivity index (χ3n) is 2.38. The van der Waals surface area contributed by atoms with Crippen LogP contribution in [0.5, 0.6) is 0 Å². The second-order valence-corrected chi connectivity index (χ2v) is 3.61. The molecule has 1 amide bonds. The molecule has 0 atom stereocenters. The molecule has 2 N–H and O–H groups in total. The minimum Gasteiger partial charge on any atom is -0.392 e. The molecule has 1 heterocycles. The highest BCUT2D eigenvalue weighted by atomic mass is 19.1. The van der Waals surface area contributed by atoms with Gasteiger partial charge in [0.25, 0.3) is 5.91 Å². The Kier molecular flexibility index (Phi) is 3.64. The molecule has 0 spiro atoms. The topological polar surface area (TPSA) is 62.2 Å². The Morgan fingerprint density at radius 2 is 2.00 bits per heavy atom. The summed E-state index contributed by atoms with van der Waals surface area (Å²) in [6.45, 7) is -0.187. The number of pyridine rings is 1. The lowest BCUT2D eigenvalue weighted by molar-refractivity contribution is 0.102. The fraction of sp³-hybridized carbons (Fsp3) is 0.0769. The van der Waals surface area contributed by atoms with Gasteiger partial charge in [-0.1, -0.05) is 24.3 Å². The van der Waals surface area contributed by atoms with Gasteiger partial charge in [-0.2, -0.15) is 4.39 Å². The normalized spacial score (nSPS) is 10.1. The molecule has 92 valence electrons. The first kappa shape index (κ1) is 12.2. The van der Waals surface area contributed by atoms with Crippen molar-refractivity contribution in [1.82, 2.24) is 4.98 Å². The molecule has 4 nitrogen and oxygen atoms in total. The maximum absolute atomic E-state index is 12.9. The van der Waals surface area contributed by atoms with E-state index in [0.717, 1.165) is 0 Å². The molecule has 2 rings (SSSR count). The van der Waals surface area contributed by atoms with E-state index in [1.165, 1.54) is 18.2 Å². The third kappa shape index (κ3) is 2.70. The van der Waals surface area contributed by atoms with Crippen LogP contribution in [0.25, 0.3) is 0 Å². The fourth-order valence-corrected chi connectivity index (χ4v) is 1.50. The predicted octanol–water partition coefficient (Wildman–Crippen LogP) is 1.97. The number of hydrogen-bond acceptors (Lipinski definition) is 3. The molecule has 0 aliphatic heterocycles. The van der Waals surface area contributed by atoms with Crippen LogP contribution >= 0.6 is 0 Å². The second-order valence-electron chi connectivity index (χ2n) is 3.61. The summed E-state index contributed by atoms with van der Waals surface area (Å²) in [6, 6.07) is 10.8. The molecule has 0 saturated carbocycles.